The number of benzene rings is 1. The van der Waals surface area contributed by atoms with Gasteiger partial charge in [-0.15, -0.1) is 0 Å². The molecule has 1 aromatic carbocycles. The molecule has 0 bridgehead atoms. The molecule has 0 atom stereocenters. The molecule has 0 aromatic heterocycles. The first kappa shape index (κ1) is 21.2. The van der Waals surface area contributed by atoms with Crippen LogP contribution in [0.2, 0.25) is 0 Å². The van der Waals surface area contributed by atoms with Crippen LogP contribution < -0.4 is 10.6 Å². The van der Waals surface area contributed by atoms with Gasteiger partial charge >= 0.3 is 0 Å². The molecule has 0 heterocycles. The van der Waals surface area contributed by atoms with Gasteiger partial charge < -0.3 is 10.6 Å². The number of hydrogen-bond acceptors (Lipinski definition) is 4. The molecular formula is C18H28N2O4S. The summed E-state index contributed by atoms with van der Waals surface area (Å²) in [4.78, 5) is 23.7. The SMILES string of the molecule is CC(C)CC(=O)Nc1ccc(C(=O)NCCCS(=O)(=O)C(C)C)cc1. The molecule has 0 spiro atoms. The van der Waals surface area contributed by atoms with E-state index in [1.165, 1.54) is 0 Å². The molecule has 1 rings (SSSR count). The molecule has 6 nitrogen and oxygen atoms in total. The molecule has 0 aliphatic carbocycles. The summed E-state index contributed by atoms with van der Waals surface area (Å²) in [5.41, 5.74) is 1.11. The lowest BCUT2D eigenvalue weighted by Gasteiger charge is -2.09. The first-order valence-corrected chi connectivity index (χ1v) is 10.2. The highest BCUT2D eigenvalue weighted by atomic mass is 32.2. The Hall–Kier alpha value is -1.89. The fraction of sp³-hybridized carbons (Fsp3) is 0.556. The summed E-state index contributed by atoms with van der Waals surface area (Å²) in [6.07, 6.45) is 0.830. The number of carbonyl (C=O) groups excluding carboxylic acids is 2. The second kappa shape index (κ2) is 9.56. The molecule has 0 saturated heterocycles. The third kappa shape index (κ3) is 7.69. The van der Waals surface area contributed by atoms with Crippen molar-refractivity contribution in [1.82, 2.24) is 5.32 Å². The Morgan fingerprint density at radius 3 is 2.16 bits per heavy atom. The fourth-order valence-electron chi connectivity index (χ4n) is 2.10. The molecule has 1 aromatic rings. The molecule has 0 aliphatic heterocycles. The van der Waals surface area contributed by atoms with Gasteiger partial charge in [-0.1, -0.05) is 13.8 Å². The van der Waals surface area contributed by atoms with E-state index in [1.807, 2.05) is 13.8 Å². The lowest BCUT2D eigenvalue weighted by molar-refractivity contribution is -0.116. The van der Waals surface area contributed by atoms with Crippen LogP contribution in [0, 0.1) is 5.92 Å². The van der Waals surface area contributed by atoms with E-state index in [4.69, 9.17) is 0 Å². The van der Waals surface area contributed by atoms with Gasteiger partial charge in [0.05, 0.1) is 11.0 Å². The van der Waals surface area contributed by atoms with Crippen LogP contribution in [0.1, 0.15) is 50.9 Å². The zero-order chi connectivity index (χ0) is 19.0. The molecule has 0 unspecified atom stereocenters. The molecule has 25 heavy (non-hydrogen) atoms. The van der Waals surface area contributed by atoms with Gasteiger partial charge in [0.15, 0.2) is 9.84 Å². The lowest BCUT2D eigenvalue weighted by atomic mass is 10.1. The molecule has 2 N–H and O–H groups in total. The summed E-state index contributed by atoms with van der Waals surface area (Å²) in [7, 11) is -3.08. The van der Waals surface area contributed by atoms with E-state index in [1.54, 1.807) is 38.1 Å². The highest BCUT2D eigenvalue weighted by Crippen LogP contribution is 2.11. The van der Waals surface area contributed by atoms with Crippen LogP contribution in [0.15, 0.2) is 24.3 Å². The summed E-state index contributed by atoms with van der Waals surface area (Å²) in [6.45, 7) is 7.54. The number of sulfone groups is 1. The number of anilines is 1. The van der Waals surface area contributed by atoms with Crippen molar-refractivity contribution in [1.29, 1.82) is 0 Å². The summed E-state index contributed by atoms with van der Waals surface area (Å²) < 4.78 is 23.4. The Kier molecular flexibility index (Phi) is 8.09. The third-order valence-electron chi connectivity index (χ3n) is 3.63. The van der Waals surface area contributed by atoms with Gasteiger partial charge in [0.25, 0.3) is 5.91 Å². The second-order valence-electron chi connectivity index (χ2n) is 6.75. The van der Waals surface area contributed by atoms with E-state index >= 15 is 0 Å². The molecule has 0 saturated carbocycles. The van der Waals surface area contributed by atoms with Crippen LogP contribution >= 0.6 is 0 Å². The maximum Gasteiger partial charge on any atom is 0.251 e. The Morgan fingerprint density at radius 2 is 1.64 bits per heavy atom. The van der Waals surface area contributed by atoms with Crippen molar-refractivity contribution in [3.05, 3.63) is 29.8 Å². The van der Waals surface area contributed by atoms with Crippen LogP contribution in [-0.4, -0.2) is 37.8 Å². The molecule has 0 fully saturated rings. The van der Waals surface area contributed by atoms with Crippen molar-refractivity contribution in [3.8, 4) is 0 Å². The minimum absolute atomic E-state index is 0.0569. The maximum absolute atomic E-state index is 12.0. The Balaban J connectivity index is 2.45. The Bertz CT molecular complexity index is 680. The number of carbonyl (C=O) groups is 2. The van der Waals surface area contributed by atoms with E-state index in [0.717, 1.165) is 0 Å². The Morgan fingerprint density at radius 1 is 1.04 bits per heavy atom. The number of rotatable bonds is 9. The van der Waals surface area contributed by atoms with Gasteiger partial charge in [-0.05, 0) is 50.5 Å². The van der Waals surface area contributed by atoms with Crippen LogP contribution in [0.3, 0.4) is 0 Å². The number of nitrogens with one attached hydrogen (secondary N) is 2. The van der Waals surface area contributed by atoms with Crippen LogP contribution in [-0.2, 0) is 14.6 Å². The second-order valence-corrected chi connectivity index (χ2v) is 9.43. The van der Waals surface area contributed by atoms with Crippen molar-refractivity contribution < 1.29 is 18.0 Å². The standard InChI is InChI=1S/C18H28N2O4S/c1-13(2)12-17(21)20-16-8-6-15(7-9-16)18(22)19-10-5-11-25(23,24)14(3)4/h6-9,13-14H,5,10-12H2,1-4H3,(H,19,22)(H,20,21). The topological polar surface area (TPSA) is 92.3 Å². The van der Waals surface area contributed by atoms with Crippen LogP contribution in [0.25, 0.3) is 0 Å². The first-order chi connectivity index (χ1) is 11.6. The van der Waals surface area contributed by atoms with E-state index in [0.29, 0.717) is 30.6 Å². The van der Waals surface area contributed by atoms with Crippen molar-refractivity contribution in [2.45, 2.75) is 45.8 Å². The minimum Gasteiger partial charge on any atom is -0.352 e. The highest BCUT2D eigenvalue weighted by molar-refractivity contribution is 7.91. The summed E-state index contributed by atoms with van der Waals surface area (Å²) in [6, 6.07) is 6.61. The predicted octanol–water partition coefficient (Wildman–Crippen LogP) is 2.61. The summed E-state index contributed by atoms with van der Waals surface area (Å²) in [5, 5.41) is 5.09. The van der Waals surface area contributed by atoms with E-state index < -0.39 is 15.1 Å². The molecule has 7 heteroatoms. The maximum atomic E-state index is 12.0. The van der Waals surface area contributed by atoms with Crippen LogP contribution in [0.4, 0.5) is 5.69 Å². The fourth-order valence-corrected chi connectivity index (χ4v) is 3.12. The third-order valence-corrected chi connectivity index (χ3v) is 5.93. The smallest absolute Gasteiger partial charge is 0.251 e. The average molecular weight is 368 g/mol. The van der Waals surface area contributed by atoms with E-state index in [2.05, 4.69) is 10.6 Å². The van der Waals surface area contributed by atoms with E-state index in [-0.39, 0.29) is 23.5 Å². The number of hydrogen-bond donors (Lipinski definition) is 2. The molecular weight excluding hydrogens is 340 g/mol. The largest absolute Gasteiger partial charge is 0.352 e. The monoisotopic (exact) mass is 368 g/mol. The molecule has 2 amide bonds. The highest BCUT2D eigenvalue weighted by Gasteiger charge is 2.15. The molecule has 0 radical (unpaired) electrons. The molecule has 140 valence electrons. The minimum atomic E-state index is -3.08. The van der Waals surface area contributed by atoms with Gasteiger partial charge in [-0.25, -0.2) is 8.42 Å². The van der Waals surface area contributed by atoms with Crippen molar-refractivity contribution >= 4 is 27.3 Å². The summed E-state index contributed by atoms with van der Waals surface area (Å²) >= 11 is 0. The molecule has 0 aliphatic rings. The van der Waals surface area contributed by atoms with Gasteiger partial charge in [0, 0.05) is 24.2 Å². The van der Waals surface area contributed by atoms with Crippen LogP contribution in [0.5, 0.6) is 0 Å². The van der Waals surface area contributed by atoms with Crippen molar-refractivity contribution in [3.63, 3.8) is 0 Å². The summed E-state index contributed by atoms with van der Waals surface area (Å²) in [5.74, 6) is 0.0244. The lowest BCUT2D eigenvalue weighted by Crippen LogP contribution is -2.27. The number of amides is 2. The van der Waals surface area contributed by atoms with Gasteiger partial charge in [-0.2, -0.15) is 0 Å². The average Bonchev–Trinajstić information content (AvgIpc) is 2.51. The Labute approximate surface area is 150 Å². The van der Waals surface area contributed by atoms with Gasteiger partial charge in [0.1, 0.15) is 0 Å². The van der Waals surface area contributed by atoms with Gasteiger partial charge in [-0.3, -0.25) is 9.59 Å². The van der Waals surface area contributed by atoms with E-state index in [9.17, 15) is 18.0 Å². The normalized spacial score (nSPS) is 11.6. The van der Waals surface area contributed by atoms with Crippen molar-refractivity contribution in [2.24, 2.45) is 5.92 Å². The zero-order valence-corrected chi connectivity index (χ0v) is 16.2. The quantitative estimate of drug-likeness (QED) is 0.655. The zero-order valence-electron chi connectivity index (χ0n) is 15.3. The first-order valence-electron chi connectivity index (χ1n) is 8.51. The van der Waals surface area contributed by atoms with Gasteiger partial charge in [0.2, 0.25) is 5.91 Å². The van der Waals surface area contributed by atoms with Crippen molar-refractivity contribution in [2.75, 3.05) is 17.6 Å². The predicted molar refractivity (Wildman–Crippen MR) is 100 cm³/mol.